The molecule has 4 aliphatic heterocycles. The number of imidazole rings is 2. The number of aliphatic hydroxyl groups is 1. The van der Waals surface area contributed by atoms with Crippen LogP contribution in [0, 0.1) is 0 Å². The van der Waals surface area contributed by atoms with Crippen molar-refractivity contribution in [2.75, 3.05) is 43.8 Å². The Morgan fingerprint density at radius 3 is 1.48 bits per heavy atom. The van der Waals surface area contributed by atoms with E-state index in [1.54, 1.807) is 9.80 Å². The summed E-state index contributed by atoms with van der Waals surface area (Å²) in [6.07, 6.45) is 6.15. The first-order valence-electron chi connectivity index (χ1n) is 23.5. The first-order valence-corrected chi connectivity index (χ1v) is 23.5. The van der Waals surface area contributed by atoms with E-state index in [-0.39, 0.29) is 49.1 Å². The molecule has 0 bridgehead atoms. The lowest BCUT2D eigenvalue weighted by atomic mass is 9.95. The number of carboxylic acid groups (broad SMARTS) is 1. The van der Waals surface area contributed by atoms with Gasteiger partial charge in [-0.15, -0.1) is 0 Å². The van der Waals surface area contributed by atoms with Crippen LogP contribution in [-0.2, 0) is 49.4 Å². The van der Waals surface area contributed by atoms with Crippen LogP contribution in [-0.4, -0.2) is 106 Å². The largest absolute Gasteiger partial charge is 0.479 e. The number of amides is 2. The molecule has 2 amide bonds. The van der Waals surface area contributed by atoms with Gasteiger partial charge in [0.05, 0.1) is 85.7 Å². The molecule has 2 fully saturated rings. The molecule has 4 aromatic carbocycles. The molecule has 4 aliphatic rings. The molecule has 10 rings (SSSR count). The van der Waals surface area contributed by atoms with Gasteiger partial charge in [0.25, 0.3) is 0 Å². The van der Waals surface area contributed by atoms with E-state index in [4.69, 9.17) is 28.9 Å². The Morgan fingerprint density at radius 2 is 1.09 bits per heavy atom. The van der Waals surface area contributed by atoms with Crippen LogP contribution in [0.25, 0.3) is 22.1 Å². The summed E-state index contributed by atoms with van der Waals surface area (Å²) in [7, 11) is 2.83. The van der Waals surface area contributed by atoms with Crippen LogP contribution in [0.15, 0.2) is 84.9 Å². The molecule has 352 valence electrons. The summed E-state index contributed by atoms with van der Waals surface area (Å²) >= 11 is 0. The molecule has 0 saturated carbocycles. The second-order valence-corrected chi connectivity index (χ2v) is 18.2. The monoisotopic (exact) mass is 912 g/mol. The Bertz CT molecular complexity index is 2720. The fraction of sp³-hybridized carbons (Fsp3) is 0.442. The number of hydrogen-bond donors (Lipinski definition) is 2. The highest BCUT2D eigenvalue weighted by Crippen LogP contribution is 2.41. The molecule has 2 N–H and O–H groups in total. The average molecular weight is 913 g/mol. The van der Waals surface area contributed by atoms with Crippen LogP contribution in [0.1, 0.15) is 98.4 Å². The maximum atomic E-state index is 12.5. The molecule has 0 unspecified atom stereocenters. The van der Waals surface area contributed by atoms with Crippen LogP contribution < -0.4 is 9.80 Å². The Morgan fingerprint density at radius 1 is 0.627 bits per heavy atom. The van der Waals surface area contributed by atoms with Crippen molar-refractivity contribution in [3.8, 4) is 0 Å². The lowest BCUT2D eigenvalue weighted by Gasteiger charge is -2.34. The van der Waals surface area contributed by atoms with Gasteiger partial charge < -0.3 is 38.3 Å². The molecule has 0 radical (unpaired) electrons. The van der Waals surface area contributed by atoms with E-state index in [1.165, 1.54) is 19.8 Å². The summed E-state index contributed by atoms with van der Waals surface area (Å²) in [5.41, 5.74) is 10.2. The Hall–Kier alpha value is -6.29. The summed E-state index contributed by atoms with van der Waals surface area (Å²) in [5.74, 6) is 1.01. The standard InChI is InChI=1S/C26H29N3O5.C26H31N3O4/c1-16-8-10-19-20(28(16)26(32)33-2)11-12-21-24(19)27-23(14-17-6-4-3-5-7-17)29(21)18-9-13-22(25(30)31)34-15-18;1-17-8-11-21-22(28(17)26(31)32-2)12-13-23-25(21)27-24(14-18-6-4-3-5-7-18)29(23)19-9-10-20(15-30)33-16-19/h3-7,11-12,16,18,22H,8-10,13-15H2,1-2H3,(H,30,31);3-7,12-13,17,19-20,30H,8-11,14-16H2,1-2H3/t16-,18+,22-;17-,19+,20-/m00/s1. The molecule has 0 aliphatic carbocycles. The highest BCUT2D eigenvalue weighted by atomic mass is 16.5. The van der Waals surface area contributed by atoms with Crippen molar-refractivity contribution in [1.29, 1.82) is 0 Å². The summed E-state index contributed by atoms with van der Waals surface area (Å²) in [6, 6.07) is 29.0. The minimum atomic E-state index is -0.912. The lowest BCUT2D eigenvalue weighted by molar-refractivity contribution is -0.154. The zero-order chi connectivity index (χ0) is 46.8. The van der Waals surface area contributed by atoms with Gasteiger partial charge in [-0.1, -0.05) is 60.7 Å². The normalized spacial score (nSPS) is 22.6. The van der Waals surface area contributed by atoms with E-state index in [0.29, 0.717) is 32.5 Å². The minimum Gasteiger partial charge on any atom is -0.479 e. The number of aromatic nitrogens is 4. The Kier molecular flexibility index (Phi) is 13.6. The van der Waals surface area contributed by atoms with E-state index in [1.807, 2.05) is 49.4 Å². The van der Waals surface area contributed by atoms with Crippen LogP contribution in [0.2, 0.25) is 0 Å². The molecule has 15 heteroatoms. The van der Waals surface area contributed by atoms with Gasteiger partial charge in [0.15, 0.2) is 6.10 Å². The quantitative estimate of drug-likeness (QED) is 0.150. The highest BCUT2D eigenvalue weighted by molar-refractivity contribution is 5.96. The number of benzene rings is 4. The number of ether oxygens (including phenoxy) is 4. The molecule has 6 aromatic rings. The van der Waals surface area contributed by atoms with Crippen LogP contribution in [0.5, 0.6) is 0 Å². The summed E-state index contributed by atoms with van der Waals surface area (Å²) < 4.78 is 26.3. The number of carboxylic acids is 1. The van der Waals surface area contributed by atoms with E-state index in [0.717, 1.165) is 107 Å². The Labute approximate surface area is 390 Å². The van der Waals surface area contributed by atoms with Gasteiger partial charge in [-0.2, -0.15) is 0 Å². The number of carbonyl (C=O) groups excluding carboxylic acids is 2. The third-order valence-electron chi connectivity index (χ3n) is 14.0. The Balaban J connectivity index is 0.000000168. The van der Waals surface area contributed by atoms with E-state index < -0.39 is 12.1 Å². The van der Waals surface area contributed by atoms with Crippen molar-refractivity contribution in [2.45, 2.75) is 114 Å². The van der Waals surface area contributed by atoms with E-state index in [2.05, 4.69) is 58.5 Å². The van der Waals surface area contributed by atoms with Gasteiger partial charge in [0, 0.05) is 36.1 Å². The third-order valence-corrected chi connectivity index (χ3v) is 14.0. The molecule has 0 spiro atoms. The van der Waals surface area contributed by atoms with Gasteiger partial charge in [0.1, 0.15) is 11.6 Å². The van der Waals surface area contributed by atoms with Crippen LogP contribution in [0.3, 0.4) is 0 Å². The number of aliphatic carboxylic acids is 1. The van der Waals surface area contributed by atoms with Crippen LogP contribution in [0.4, 0.5) is 21.0 Å². The van der Waals surface area contributed by atoms with Gasteiger partial charge >= 0.3 is 18.2 Å². The molecule has 6 heterocycles. The number of anilines is 2. The molecule has 67 heavy (non-hydrogen) atoms. The first-order chi connectivity index (χ1) is 32.6. The number of nitrogens with zero attached hydrogens (tertiary/aromatic N) is 6. The minimum absolute atomic E-state index is 0.00316. The number of aliphatic hydroxyl groups excluding tert-OH is 1. The fourth-order valence-corrected chi connectivity index (χ4v) is 10.5. The SMILES string of the molecule is COC(=O)N1c2ccc3c(nc(Cc4ccccc4)n3[C@@H]3CC[C@@H](C(=O)O)OC3)c2CC[C@@H]1C.COC(=O)N1c2ccc3c(nc(Cc4ccccc4)n3[C@@H]3CC[C@@H](CO)OC3)c2CC[C@@H]1C. The van der Waals surface area contributed by atoms with Crippen molar-refractivity contribution < 1.29 is 43.5 Å². The van der Waals surface area contributed by atoms with Crippen molar-refractivity contribution >= 4 is 51.6 Å². The topological polar surface area (TPSA) is 171 Å². The molecule has 6 atom stereocenters. The summed E-state index contributed by atoms with van der Waals surface area (Å²) in [4.78, 5) is 50.2. The first kappa shape index (κ1) is 45.8. The zero-order valence-electron chi connectivity index (χ0n) is 38.7. The molecular formula is C52H60N6O9. The third kappa shape index (κ3) is 9.11. The summed E-state index contributed by atoms with van der Waals surface area (Å²) in [5, 5.41) is 18.8. The molecule has 15 nitrogen and oxygen atoms in total. The molecular weight excluding hydrogens is 853 g/mol. The van der Waals surface area contributed by atoms with Gasteiger partial charge in [-0.05, 0) is 101 Å². The van der Waals surface area contributed by atoms with Crippen molar-refractivity contribution in [3.63, 3.8) is 0 Å². The highest BCUT2D eigenvalue weighted by Gasteiger charge is 2.36. The second-order valence-electron chi connectivity index (χ2n) is 18.2. The fourth-order valence-electron chi connectivity index (χ4n) is 10.5. The average Bonchev–Trinajstić information content (AvgIpc) is 3.92. The number of carbonyl (C=O) groups is 3. The maximum absolute atomic E-state index is 12.5. The number of fused-ring (bicyclic) bond motifs is 6. The lowest BCUT2D eigenvalue weighted by Crippen LogP contribution is -2.42. The van der Waals surface area contributed by atoms with Crippen molar-refractivity contribution in [2.24, 2.45) is 0 Å². The zero-order valence-corrected chi connectivity index (χ0v) is 38.7. The number of methoxy groups -OCH3 is 2. The smallest absolute Gasteiger partial charge is 0.414 e. The summed E-state index contributed by atoms with van der Waals surface area (Å²) in [6.45, 7) is 5.03. The second kappa shape index (κ2) is 19.9. The predicted octanol–water partition coefficient (Wildman–Crippen LogP) is 8.59. The van der Waals surface area contributed by atoms with Gasteiger partial charge in [0.2, 0.25) is 0 Å². The molecule has 2 saturated heterocycles. The predicted molar refractivity (Wildman–Crippen MR) is 254 cm³/mol. The van der Waals surface area contributed by atoms with E-state index in [9.17, 15) is 24.6 Å². The van der Waals surface area contributed by atoms with Crippen molar-refractivity contribution in [1.82, 2.24) is 19.1 Å². The van der Waals surface area contributed by atoms with Gasteiger partial charge in [-0.3, -0.25) is 9.80 Å². The number of hydrogen-bond acceptors (Lipinski definition) is 10. The number of aryl methyl sites for hydroxylation is 2. The van der Waals surface area contributed by atoms with Crippen molar-refractivity contribution in [3.05, 3.63) is 119 Å². The maximum Gasteiger partial charge on any atom is 0.414 e. The van der Waals surface area contributed by atoms with E-state index >= 15 is 0 Å². The van der Waals surface area contributed by atoms with Gasteiger partial charge in [-0.25, -0.2) is 24.4 Å². The van der Waals surface area contributed by atoms with Crippen LogP contribution >= 0.6 is 0 Å². The molecule has 2 aromatic heterocycles. The number of rotatable bonds is 8.